The van der Waals surface area contributed by atoms with Crippen LogP contribution in [0, 0.1) is 13.8 Å². The van der Waals surface area contributed by atoms with Gasteiger partial charge in [-0.1, -0.05) is 24.3 Å². The highest BCUT2D eigenvalue weighted by molar-refractivity contribution is 6.15. The molecular formula is C28H25NO4. The molecule has 4 aromatic rings. The number of fused-ring (bicyclic) bond motifs is 2. The van der Waals surface area contributed by atoms with Gasteiger partial charge in [0.25, 0.3) is 0 Å². The lowest BCUT2D eigenvalue weighted by molar-refractivity contribution is 0.101. The molecule has 1 aliphatic heterocycles. The van der Waals surface area contributed by atoms with E-state index in [-0.39, 0.29) is 5.78 Å². The van der Waals surface area contributed by atoms with Crippen LogP contribution in [-0.2, 0) is 13.7 Å². The minimum Gasteiger partial charge on any atom is -0.497 e. The van der Waals surface area contributed by atoms with Gasteiger partial charge in [-0.2, -0.15) is 0 Å². The molecular weight excluding hydrogens is 414 g/mol. The topological polar surface area (TPSA) is 49.7 Å². The van der Waals surface area contributed by atoms with E-state index in [9.17, 15) is 4.79 Å². The Hall–Kier alpha value is -3.99. The fraction of sp³-hybridized carbons (Fsp3) is 0.179. The second-order valence-corrected chi connectivity index (χ2v) is 8.30. The van der Waals surface area contributed by atoms with E-state index in [1.807, 2.05) is 61.1 Å². The van der Waals surface area contributed by atoms with Crippen LogP contribution in [0.5, 0.6) is 17.2 Å². The van der Waals surface area contributed by atoms with Crippen molar-refractivity contribution >= 4 is 22.8 Å². The largest absolute Gasteiger partial charge is 0.497 e. The molecule has 0 radical (unpaired) electrons. The zero-order chi connectivity index (χ0) is 23.1. The van der Waals surface area contributed by atoms with Crippen molar-refractivity contribution in [1.82, 2.24) is 4.57 Å². The first kappa shape index (κ1) is 20.9. The Morgan fingerprint density at radius 3 is 2.67 bits per heavy atom. The summed E-state index contributed by atoms with van der Waals surface area (Å²) in [5, 5.41) is 0.996. The minimum absolute atomic E-state index is 0.126. The van der Waals surface area contributed by atoms with E-state index in [4.69, 9.17) is 14.2 Å². The molecule has 2 heterocycles. The van der Waals surface area contributed by atoms with Crippen molar-refractivity contribution in [2.45, 2.75) is 20.5 Å². The first-order valence-corrected chi connectivity index (χ1v) is 10.8. The normalized spacial score (nSPS) is 13.9. The second-order valence-electron chi connectivity index (χ2n) is 8.30. The SMILES string of the molecule is COc1ccc2c(c1)c(C=C1Oc3c(ccc(OCc4ccccc4C)c3C)C1=O)cn2C. The summed E-state index contributed by atoms with van der Waals surface area (Å²) in [6.45, 7) is 4.45. The molecule has 5 nitrogen and oxygen atoms in total. The lowest BCUT2D eigenvalue weighted by Crippen LogP contribution is -2.00. The van der Waals surface area contributed by atoms with E-state index in [2.05, 4.69) is 19.1 Å². The van der Waals surface area contributed by atoms with Gasteiger partial charge >= 0.3 is 0 Å². The zero-order valence-electron chi connectivity index (χ0n) is 19.1. The Labute approximate surface area is 192 Å². The van der Waals surface area contributed by atoms with Gasteiger partial charge < -0.3 is 18.8 Å². The molecule has 1 aromatic heterocycles. The number of methoxy groups -OCH3 is 1. The van der Waals surface area contributed by atoms with Crippen LogP contribution in [0.2, 0.25) is 0 Å². The molecule has 166 valence electrons. The Balaban J connectivity index is 1.45. The van der Waals surface area contributed by atoms with Crippen molar-refractivity contribution in [3.63, 3.8) is 0 Å². The van der Waals surface area contributed by atoms with Gasteiger partial charge in [0.1, 0.15) is 23.9 Å². The summed E-state index contributed by atoms with van der Waals surface area (Å²) < 4.78 is 19.6. The molecule has 33 heavy (non-hydrogen) atoms. The molecule has 0 bridgehead atoms. The average Bonchev–Trinajstić information content (AvgIpc) is 3.31. The van der Waals surface area contributed by atoms with Crippen molar-refractivity contribution in [2.75, 3.05) is 7.11 Å². The molecule has 0 fully saturated rings. The third-order valence-electron chi connectivity index (χ3n) is 6.20. The highest BCUT2D eigenvalue weighted by atomic mass is 16.5. The van der Waals surface area contributed by atoms with E-state index in [1.54, 1.807) is 19.3 Å². The van der Waals surface area contributed by atoms with Gasteiger partial charge in [-0.25, -0.2) is 0 Å². The van der Waals surface area contributed by atoms with Gasteiger partial charge in [0.05, 0.1) is 12.7 Å². The fourth-order valence-corrected chi connectivity index (χ4v) is 4.24. The molecule has 5 heteroatoms. The summed E-state index contributed by atoms with van der Waals surface area (Å²) in [6.07, 6.45) is 3.79. The number of aromatic nitrogens is 1. The molecule has 0 spiro atoms. The van der Waals surface area contributed by atoms with Crippen LogP contribution in [0.3, 0.4) is 0 Å². The van der Waals surface area contributed by atoms with Crippen molar-refractivity contribution in [3.05, 3.63) is 94.4 Å². The molecule has 0 saturated heterocycles. The number of ether oxygens (including phenoxy) is 3. The number of ketones is 1. The highest BCUT2D eigenvalue weighted by Crippen LogP contribution is 2.40. The van der Waals surface area contributed by atoms with Crippen molar-refractivity contribution in [2.24, 2.45) is 7.05 Å². The maximum Gasteiger partial charge on any atom is 0.231 e. The van der Waals surface area contributed by atoms with E-state index in [0.717, 1.165) is 33.3 Å². The number of benzene rings is 3. The van der Waals surface area contributed by atoms with Gasteiger partial charge in [0.15, 0.2) is 5.76 Å². The van der Waals surface area contributed by atoms with Gasteiger partial charge in [-0.15, -0.1) is 0 Å². The minimum atomic E-state index is -0.126. The first-order valence-electron chi connectivity index (χ1n) is 10.8. The number of hydrogen-bond donors (Lipinski definition) is 0. The number of allylic oxidation sites excluding steroid dienone is 1. The summed E-state index contributed by atoms with van der Waals surface area (Å²) in [5.41, 5.74) is 5.63. The van der Waals surface area contributed by atoms with Gasteiger partial charge in [0.2, 0.25) is 5.78 Å². The number of carbonyl (C=O) groups is 1. The third-order valence-corrected chi connectivity index (χ3v) is 6.20. The number of aryl methyl sites for hydroxylation is 2. The third kappa shape index (κ3) is 3.65. The zero-order valence-corrected chi connectivity index (χ0v) is 19.1. The number of Topliss-reactive ketones (excluding diaryl/α,β-unsaturated/α-hetero) is 1. The molecule has 3 aromatic carbocycles. The van der Waals surface area contributed by atoms with Crippen molar-refractivity contribution < 1.29 is 19.0 Å². The van der Waals surface area contributed by atoms with Crippen LogP contribution < -0.4 is 14.2 Å². The lowest BCUT2D eigenvalue weighted by Gasteiger charge is -2.12. The van der Waals surface area contributed by atoms with Crippen LogP contribution in [0.4, 0.5) is 0 Å². The quantitative estimate of drug-likeness (QED) is 0.358. The number of rotatable bonds is 5. The van der Waals surface area contributed by atoms with Gasteiger partial charge in [-0.3, -0.25) is 4.79 Å². The maximum atomic E-state index is 13.1. The molecule has 0 aliphatic carbocycles. The molecule has 0 N–H and O–H groups in total. The maximum absolute atomic E-state index is 13.1. The summed E-state index contributed by atoms with van der Waals surface area (Å²) >= 11 is 0. The van der Waals surface area contributed by atoms with Crippen molar-refractivity contribution in [1.29, 1.82) is 0 Å². The number of carbonyl (C=O) groups excluding carboxylic acids is 1. The van der Waals surface area contributed by atoms with Crippen LogP contribution >= 0.6 is 0 Å². The molecule has 1 aliphatic rings. The lowest BCUT2D eigenvalue weighted by atomic mass is 10.1. The Bertz CT molecular complexity index is 1430. The second kappa shape index (κ2) is 8.17. The van der Waals surface area contributed by atoms with Gasteiger partial charge in [-0.05, 0) is 61.4 Å². The van der Waals surface area contributed by atoms with Crippen LogP contribution in [0.15, 0.2) is 66.6 Å². The summed E-state index contributed by atoms with van der Waals surface area (Å²) in [4.78, 5) is 13.1. The average molecular weight is 440 g/mol. The molecule has 0 amide bonds. The first-order chi connectivity index (χ1) is 16.0. The van der Waals surface area contributed by atoms with E-state index < -0.39 is 0 Å². The molecule has 0 unspecified atom stereocenters. The van der Waals surface area contributed by atoms with Crippen LogP contribution in [0.25, 0.3) is 17.0 Å². The van der Waals surface area contributed by atoms with E-state index in [1.165, 1.54) is 5.56 Å². The summed E-state index contributed by atoms with van der Waals surface area (Å²) in [6, 6.07) is 17.7. The Kier molecular flexibility index (Phi) is 5.17. The molecule has 0 atom stereocenters. The smallest absolute Gasteiger partial charge is 0.231 e. The summed E-state index contributed by atoms with van der Waals surface area (Å²) in [5.74, 6) is 2.21. The predicted molar refractivity (Wildman–Crippen MR) is 129 cm³/mol. The molecule has 5 rings (SSSR count). The van der Waals surface area contributed by atoms with Crippen molar-refractivity contribution in [3.8, 4) is 17.2 Å². The van der Waals surface area contributed by atoms with E-state index in [0.29, 0.717) is 29.4 Å². The summed E-state index contributed by atoms with van der Waals surface area (Å²) in [7, 11) is 3.62. The van der Waals surface area contributed by atoms with Crippen LogP contribution in [-0.4, -0.2) is 17.5 Å². The standard InChI is InChI=1S/C28H25NO4/c1-17-7-5-6-8-19(17)16-32-25-12-10-22-27(30)26(33-28(22)18(25)2)13-20-15-29(3)24-11-9-21(31-4)14-23(20)24/h5-15H,16H2,1-4H3. The van der Waals surface area contributed by atoms with Crippen LogP contribution in [0.1, 0.15) is 32.6 Å². The fourth-order valence-electron chi connectivity index (χ4n) is 4.24. The van der Waals surface area contributed by atoms with Gasteiger partial charge in [0, 0.05) is 35.3 Å². The van der Waals surface area contributed by atoms with E-state index >= 15 is 0 Å². The number of hydrogen-bond acceptors (Lipinski definition) is 4. The Morgan fingerprint density at radius 2 is 1.88 bits per heavy atom. The highest BCUT2D eigenvalue weighted by Gasteiger charge is 2.30. The molecule has 0 saturated carbocycles. The monoisotopic (exact) mass is 439 g/mol. The predicted octanol–water partition coefficient (Wildman–Crippen LogP) is 6.00. The number of nitrogens with zero attached hydrogens (tertiary/aromatic N) is 1. The Morgan fingerprint density at radius 1 is 1.06 bits per heavy atom.